The van der Waals surface area contributed by atoms with Gasteiger partial charge in [0.1, 0.15) is 6.04 Å². The van der Waals surface area contributed by atoms with Crippen LogP contribution in [-0.4, -0.2) is 23.9 Å². The molecule has 134 valence electrons. The van der Waals surface area contributed by atoms with Crippen molar-refractivity contribution in [1.29, 1.82) is 0 Å². The maximum absolute atomic E-state index is 12.5. The Hall–Kier alpha value is -1.84. The first-order valence-corrected chi connectivity index (χ1v) is 9.03. The standard InChI is InChI=1S/C20H32N2O2/c1-6-7-8-9-16(5)21-20(24)18(14(2)3)22-19(23)17-12-10-15(4)11-13-17/h10-14,16,18H,6-9H2,1-5H3,(H,21,24)(H,22,23). The smallest absolute Gasteiger partial charge is 0.251 e. The summed E-state index contributed by atoms with van der Waals surface area (Å²) in [5, 5.41) is 5.91. The van der Waals surface area contributed by atoms with E-state index in [0.29, 0.717) is 5.56 Å². The Bertz CT molecular complexity index is 523. The van der Waals surface area contributed by atoms with Gasteiger partial charge in [-0.1, -0.05) is 57.7 Å². The Morgan fingerprint density at radius 3 is 2.17 bits per heavy atom. The summed E-state index contributed by atoms with van der Waals surface area (Å²) < 4.78 is 0. The number of nitrogens with one attached hydrogen (secondary N) is 2. The number of hydrogen-bond donors (Lipinski definition) is 2. The van der Waals surface area contributed by atoms with Crippen molar-refractivity contribution in [2.75, 3.05) is 0 Å². The number of unbranched alkanes of at least 4 members (excludes halogenated alkanes) is 2. The van der Waals surface area contributed by atoms with Crippen LogP contribution in [0, 0.1) is 12.8 Å². The third kappa shape index (κ3) is 6.73. The van der Waals surface area contributed by atoms with Crippen molar-refractivity contribution in [3.63, 3.8) is 0 Å². The largest absolute Gasteiger partial charge is 0.352 e. The lowest BCUT2D eigenvalue weighted by Crippen LogP contribution is -2.51. The van der Waals surface area contributed by atoms with Crippen molar-refractivity contribution >= 4 is 11.8 Å². The molecule has 24 heavy (non-hydrogen) atoms. The summed E-state index contributed by atoms with van der Waals surface area (Å²) in [4.78, 5) is 24.9. The molecular weight excluding hydrogens is 300 g/mol. The van der Waals surface area contributed by atoms with Crippen LogP contribution in [0.15, 0.2) is 24.3 Å². The van der Waals surface area contributed by atoms with Gasteiger partial charge >= 0.3 is 0 Å². The molecule has 0 fully saturated rings. The second kappa shape index (κ2) is 10.1. The molecule has 4 heteroatoms. The summed E-state index contributed by atoms with van der Waals surface area (Å²) in [7, 11) is 0. The number of carbonyl (C=O) groups excluding carboxylic acids is 2. The first-order valence-electron chi connectivity index (χ1n) is 9.03. The topological polar surface area (TPSA) is 58.2 Å². The quantitative estimate of drug-likeness (QED) is 0.675. The zero-order chi connectivity index (χ0) is 18.1. The molecule has 0 aliphatic rings. The number of benzene rings is 1. The number of rotatable bonds is 9. The Morgan fingerprint density at radius 1 is 1.00 bits per heavy atom. The van der Waals surface area contributed by atoms with Crippen LogP contribution in [0.1, 0.15) is 69.3 Å². The van der Waals surface area contributed by atoms with Gasteiger partial charge in [0.05, 0.1) is 0 Å². The Labute approximate surface area is 146 Å². The fourth-order valence-corrected chi connectivity index (χ4v) is 2.57. The summed E-state index contributed by atoms with van der Waals surface area (Å²) in [6, 6.07) is 6.97. The molecule has 1 aromatic rings. The minimum Gasteiger partial charge on any atom is -0.352 e. The van der Waals surface area contributed by atoms with Crippen LogP contribution in [0.2, 0.25) is 0 Å². The average Bonchev–Trinajstić information content (AvgIpc) is 2.52. The van der Waals surface area contributed by atoms with Crippen LogP contribution in [0.4, 0.5) is 0 Å². The van der Waals surface area contributed by atoms with E-state index in [1.54, 1.807) is 12.1 Å². The molecule has 1 rings (SSSR count). The predicted molar refractivity (Wildman–Crippen MR) is 99.0 cm³/mol. The van der Waals surface area contributed by atoms with Crippen LogP contribution < -0.4 is 10.6 Å². The lowest BCUT2D eigenvalue weighted by molar-refractivity contribution is -0.124. The minimum atomic E-state index is -0.521. The van der Waals surface area contributed by atoms with Crippen molar-refractivity contribution in [3.8, 4) is 0 Å². The third-order valence-corrected chi connectivity index (χ3v) is 4.18. The van der Waals surface area contributed by atoms with E-state index in [4.69, 9.17) is 0 Å². The Balaban J connectivity index is 2.63. The molecule has 2 unspecified atom stereocenters. The average molecular weight is 332 g/mol. The van der Waals surface area contributed by atoms with Gasteiger partial charge in [-0.3, -0.25) is 9.59 Å². The lowest BCUT2D eigenvalue weighted by Gasteiger charge is -2.24. The van der Waals surface area contributed by atoms with Gasteiger partial charge in [-0.05, 0) is 38.3 Å². The van der Waals surface area contributed by atoms with Gasteiger partial charge in [0.25, 0.3) is 5.91 Å². The van der Waals surface area contributed by atoms with Crippen LogP contribution >= 0.6 is 0 Å². The third-order valence-electron chi connectivity index (χ3n) is 4.18. The van der Waals surface area contributed by atoms with Gasteiger partial charge in [-0.15, -0.1) is 0 Å². The number of hydrogen-bond acceptors (Lipinski definition) is 2. The molecule has 2 N–H and O–H groups in total. The van der Waals surface area contributed by atoms with Crippen LogP contribution in [0.5, 0.6) is 0 Å². The van der Waals surface area contributed by atoms with Gasteiger partial charge in [0, 0.05) is 11.6 Å². The van der Waals surface area contributed by atoms with Gasteiger partial charge in [0.2, 0.25) is 5.91 Å². The highest BCUT2D eigenvalue weighted by Gasteiger charge is 2.25. The van der Waals surface area contributed by atoms with Crippen molar-refractivity contribution < 1.29 is 9.59 Å². The van der Waals surface area contributed by atoms with Crippen LogP contribution in [0.3, 0.4) is 0 Å². The van der Waals surface area contributed by atoms with E-state index in [-0.39, 0.29) is 23.8 Å². The first-order chi connectivity index (χ1) is 11.3. The molecule has 0 saturated heterocycles. The molecule has 1 aromatic carbocycles. The molecule has 0 spiro atoms. The monoisotopic (exact) mass is 332 g/mol. The van der Waals surface area contributed by atoms with Gasteiger partial charge in [-0.2, -0.15) is 0 Å². The predicted octanol–water partition coefficient (Wildman–Crippen LogP) is 3.83. The molecule has 2 amide bonds. The molecule has 2 atom stereocenters. The van der Waals surface area contributed by atoms with E-state index in [0.717, 1.165) is 18.4 Å². The molecule has 0 bridgehead atoms. The number of aryl methyl sites for hydroxylation is 1. The molecule has 0 aromatic heterocycles. The summed E-state index contributed by atoms with van der Waals surface area (Å²) in [5.41, 5.74) is 1.68. The minimum absolute atomic E-state index is 0.0299. The zero-order valence-corrected chi connectivity index (χ0v) is 15.7. The second-order valence-electron chi connectivity index (χ2n) is 6.97. The van der Waals surface area contributed by atoms with Crippen molar-refractivity contribution in [1.82, 2.24) is 10.6 Å². The lowest BCUT2D eigenvalue weighted by atomic mass is 10.0. The van der Waals surface area contributed by atoms with Gasteiger partial charge < -0.3 is 10.6 Å². The molecule has 4 nitrogen and oxygen atoms in total. The molecule has 0 aliphatic heterocycles. The van der Waals surface area contributed by atoms with Gasteiger partial charge in [-0.25, -0.2) is 0 Å². The number of amides is 2. The second-order valence-corrected chi connectivity index (χ2v) is 6.97. The first kappa shape index (κ1) is 20.2. The fourth-order valence-electron chi connectivity index (χ4n) is 2.57. The van der Waals surface area contributed by atoms with Gasteiger partial charge in [0.15, 0.2) is 0 Å². The summed E-state index contributed by atoms with van der Waals surface area (Å²) >= 11 is 0. The molecule has 0 heterocycles. The SMILES string of the molecule is CCCCCC(C)NC(=O)C(NC(=O)c1ccc(C)cc1)C(C)C. The summed E-state index contributed by atoms with van der Waals surface area (Å²) in [6.45, 7) is 10.1. The Kier molecular flexibility index (Phi) is 8.51. The van der Waals surface area contributed by atoms with E-state index in [1.807, 2.05) is 39.8 Å². The van der Waals surface area contributed by atoms with E-state index >= 15 is 0 Å². The van der Waals surface area contributed by atoms with E-state index in [2.05, 4.69) is 17.6 Å². The normalized spacial score (nSPS) is 13.4. The maximum atomic E-state index is 12.5. The summed E-state index contributed by atoms with van der Waals surface area (Å²) in [5.74, 6) is -0.279. The Morgan fingerprint density at radius 2 is 1.62 bits per heavy atom. The molecular formula is C20H32N2O2. The molecule has 0 aliphatic carbocycles. The van der Waals surface area contributed by atoms with Crippen LogP contribution in [-0.2, 0) is 4.79 Å². The van der Waals surface area contributed by atoms with Crippen LogP contribution in [0.25, 0.3) is 0 Å². The van der Waals surface area contributed by atoms with Crippen molar-refractivity contribution in [3.05, 3.63) is 35.4 Å². The zero-order valence-electron chi connectivity index (χ0n) is 15.7. The van der Waals surface area contributed by atoms with E-state index < -0.39 is 6.04 Å². The maximum Gasteiger partial charge on any atom is 0.251 e. The molecule has 0 saturated carbocycles. The highest BCUT2D eigenvalue weighted by Crippen LogP contribution is 2.08. The fraction of sp³-hybridized carbons (Fsp3) is 0.600. The highest BCUT2D eigenvalue weighted by atomic mass is 16.2. The summed E-state index contributed by atoms with van der Waals surface area (Å²) in [6.07, 6.45) is 4.43. The van der Waals surface area contributed by atoms with E-state index in [1.165, 1.54) is 12.8 Å². The highest BCUT2D eigenvalue weighted by molar-refractivity contribution is 5.97. The molecule has 0 radical (unpaired) electrons. The van der Waals surface area contributed by atoms with Crippen molar-refractivity contribution in [2.24, 2.45) is 5.92 Å². The van der Waals surface area contributed by atoms with Crippen molar-refractivity contribution in [2.45, 2.75) is 72.4 Å². The number of carbonyl (C=O) groups is 2. The van der Waals surface area contributed by atoms with E-state index in [9.17, 15) is 9.59 Å².